The highest BCUT2D eigenvalue weighted by Gasteiger charge is 2.23. The predicted octanol–water partition coefficient (Wildman–Crippen LogP) is 1.24. The number of carbonyl (C=O) groups excluding carboxylic acids is 1. The van der Waals surface area contributed by atoms with E-state index in [0.29, 0.717) is 6.54 Å². The first-order chi connectivity index (χ1) is 7.15. The molecule has 0 saturated heterocycles. The molecule has 5 nitrogen and oxygen atoms in total. The molecule has 1 N–H and O–H groups in total. The number of rotatable bonds is 5. The van der Waals surface area contributed by atoms with E-state index < -0.39 is 5.97 Å². The maximum atomic E-state index is 11.4. The Morgan fingerprint density at radius 3 is 2.80 bits per heavy atom. The molecule has 15 heavy (non-hydrogen) atoms. The van der Waals surface area contributed by atoms with E-state index in [4.69, 9.17) is 5.11 Å². The number of nitrogens with zero attached hydrogens (tertiary/aromatic N) is 2. The first-order valence-corrected chi connectivity index (χ1v) is 5.26. The summed E-state index contributed by atoms with van der Waals surface area (Å²) in [7, 11) is 0. The van der Waals surface area contributed by atoms with Crippen molar-refractivity contribution >= 4 is 17.6 Å². The van der Waals surface area contributed by atoms with Crippen LogP contribution in [0.25, 0.3) is 0 Å². The van der Waals surface area contributed by atoms with E-state index in [1.807, 2.05) is 0 Å². The van der Waals surface area contributed by atoms with Crippen LogP contribution in [0.5, 0.6) is 0 Å². The molecule has 0 bridgehead atoms. The average Bonchev–Trinajstić information content (AvgIpc) is 2.20. The van der Waals surface area contributed by atoms with Crippen LogP contribution in [0.1, 0.15) is 39.0 Å². The third-order valence-electron chi connectivity index (χ3n) is 2.33. The Bertz CT molecular complexity index is 286. The third-order valence-corrected chi connectivity index (χ3v) is 2.33. The summed E-state index contributed by atoms with van der Waals surface area (Å²) in [5.41, 5.74) is 0.0890. The molecule has 0 spiro atoms. The van der Waals surface area contributed by atoms with E-state index in [0.717, 1.165) is 19.3 Å². The zero-order valence-corrected chi connectivity index (χ0v) is 8.90. The van der Waals surface area contributed by atoms with Gasteiger partial charge in [0.05, 0.1) is 0 Å². The second kappa shape index (κ2) is 5.48. The van der Waals surface area contributed by atoms with E-state index in [2.05, 4.69) is 12.0 Å². The van der Waals surface area contributed by atoms with Crippen LogP contribution in [-0.2, 0) is 9.59 Å². The van der Waals surface area contributed by atoms with Gasteiger partial charge in [-0.25, -0.2) is 9.80 Å². The molecule has 0 saturated carbocycles. The molecular formula is C10H16N2O3. The molecule has 0 aliphatic carbocycles. The molecule has 0 radical (unpaired) electrons. The van der Waals surface area contributed by atoms with Gasteiger partial charge in [0.1, 0.15) is 5.71 Å². The summed E-state index contributed by atoms with van der Waals surface area (Å²) in [4.78, 5) is 22.1. The lowest BCUT2D eigenvalue weighted by Crippen LogP contribution is -2.34. The van der Waals surface area contributed by atoms with Crippen LogP contribution in [0, 0.1) is 0 Å². The molecule has 1 aliphatic heterocycles. The van der Waals surface area contributed by atoms with Gasteiger partial charge in [-0.3, -0.25) is 4.79 Å². The first kappa shape index (κ1) is 11.7. The highest BCUT2D eigenvalue weighted by atomic mass is 16.4. The van der Waals surface area contributed by atoms with Crippen molar-refractivity contribution in [2.45, 2.75) is 39.0 Å². The van der Waals surface area contributed by atoms with Crippen molar-refractivity contribution in [3.63, 3.8) is 0 Å². The van der Waals surface area contributed by atoms with Gasteiger partial charge in [-0.05, 0) is 6.42 Å². The molecule has 0 atom stereocenters. The maximum Gasteiger partial charge on any atom is 0.352 e. The molecule has 0 aromatic carbocycles. The highest BCUT2D eigenvalue weighted by molar-refractivity contribution is 6.36. The minimum Gasteiger partial charge on any atom is -0.477 e. The zero-order chi connectivity index (χ0) is 11.3. The van der Waals surface area contributed by atoms with Crippen LogP contribution in [0.2, 0.25) is 0 Å². The maximum absolute atomic E-state index is 11.4. The fourth-order valence-corrected chi connectivity index (χ4v) is 1.44. The van der Waals surface area contributed by atoms with Crippen LogP contribution in [0.3, 0.4) is 0 Å². The zero-order valence-electron chi connectivity index (χ0n) is 8.90. The monoisotopic (exact) mass is 212 g/mol. The summed E-state index contributed by atoms with van der Waals surface area (Å²) >= 11 is 0. The largest absolute Gasteiger partial charge is 0.477 e. The molecule has 84 valence electrons. The summed E-state index contributed by atoms with van der Waals surface area (Å²) in [6.07, 6.45) is 3.48. The van der Waals surface area contributed by atoms with Crippen molar-refractivity contribution < 1.29 is 14.7 Å². The molecule has 0 unspecified atom stereocenters. The third kappa shape index (κ3) is 3.34. The van der Waals surface area contributed by atoms with Crippen LogP contribution in [0.15, 0.2) is 5.10 Å². The van der Waals surface area contributed by atoms with Crippen LogP contribution < -0.4 is 0 Å². The van der Waals surface area contributed by atoms with Gasteiger partial charge >= 0.3 is 5.97 Å². The normalized spacial score (nSPS) is 16.5. The van der Waals surface area contributed by atoms with Crippen molar-refractivity contribution in [1.29, 1.82) is 0 Å². The Kier molecular flexibility index (Phi) is 4.27. The summed E-state index contributed by atoms with van der Waals surface area (Å²) in [5.74, 6) is -1.10. The minimum atomic E-state index is -1.03. The molecule has 0 aromatic heterocycles. The van der Waals surface area contributed by atoms with Gasteiger partial charge < -0.3 is 5.11 Å². The van der Waals surface area contributed by atoms with Crippen molar-refractivity contribution in [3.05, 3.63) is 0 Å². The molecular weight excluding hydrogens is 196 g/mol. The average molecular weight is 212 g/mol. The standard InChI is InChI=1S/C10H16N2O3/c1-2-3-4-7-12-9(13)6-5-8(11-12)10(14)15/h2-7H2,1H3,(H,14,15). The molecule has 1 heterocycles. The van der Waals surface area contributed by atoms with Crippen molar-refractivity contribution in [3.8, 4) is 0 Å². The second-order valence-corrected chi connectivity index (χ2v) is 3.58. The van der Waals surface area contributed by atoms with Crippen molar-refractivity contribution in [2.75, 3.05) is 6.54 Å². The van der Waals surface area contributed by atoms with Gasteiger partial charge in [0.2, 0.25) is 5.91 Å². The number of carboxylic acids is 1. The van der Waals surface area contributed by atoms with Crippen LogP contribution in [-0.4, -0.2) is 34.2 Å². The van der Waals surface area contributed by atoms with E-state index in [1.54, 1.807) is 0 Å². The minimum absolute atomic E-state index is 0.0731. The number of amides is 1. The van der Waals surface area contributed by atoms with Gasteiger partial charge in [-0.1, -0.05) is 19.8 Å². The van der Waals surface area contributed by atoms with E-state index >= 15 is 0 Å². The Balaban J connectivity index is 2.55. The molecule has 5 heteroatoms. The van der Waals surface area contributed by atoms with Gasteiger partial charge in [0.15, 0.2) is 0 Å². The lowest BCUT2D eigenvalue weighted by molar-refractivity contribution is -0.132. The van der Waals surface area contributed by atoms with Gasteiger partial charge in [-0.2, -0.15) is 5.10 Å². The summed E-state index contributed by atoms with van der Waals surface area (Å²) in [5, 5.41) is 13.9. The number of unbranched alkanes of at least 4 members (excludes halogenated alkanes) is 2. The topological polar surface area (TPSA) is 70.0 Å². The number of hydrogen-bond donors (Lipinski definition) is 1. The van der Waals surface area contributed by atoms with Crippen molar-refractivity contribution in [2.24, 2.45) is 5.10 Å². The second-order valence-electron chi connectivity index (χ2n) is 3.58. The Morgan fingerprint density at radius 2 is 2.20 bits per heavy atom. The van der Waals surface area contributed by atoms with Crippen LogP contribution in [0.4, 0.5) is 0 Å². The molecule has 0 fully saturated rings. The number of aliphatic carboxylic acids is 1. The highest BCUT2D eigenvalue weighted by Crippen LogP contribution is 2.10. The number of carbonyl (C=O) groups is 2. The van der Waals surface area contributed by atoms with Crippen molar-refractivity contribution in [1.82, 2.24) is 5.01 Å². The van der Waals surface area contributed by atoms with Gasteiger partial charge in [0, 0.05) is 19.4 Å². The number of hydrogen-bond acceptors (Lipinski definition) is 3. The van der Waals surface area contributed by atoms with Gasteiger partial charge in [-0.15, -0.1) is 0 Å². The van der Waals surface area contributed by atoms with Gasteiger partial charge in [0.25, 0.3) is 0 Å². The fourth-order valence-electron chi connectivity index (χ4n) is 1.44. The SMILES string of the molecule is CCCCCN1N=C(C(=O)O)CCC1=O. The Labute approximate surface area is 88.8 Å². The summed E-state index contributed by atoms with van der Waals surface area (Å²) < 4.78 is 0. The molecule has 1 rings (SSSR count). The molecule has 1 amide bonds. The Hall–Kier alpha value is -1.39. The van der Waals surface area contributed by atoms with E-state index in [1.165, 1.54) is 5.01 Å². The lowest BCUT2D eigenvalue weighted by Gasteiger charge is -2.21. The van der Waals surface area contributed by atoms with E-state index in [-0.39, 0.29) is 24.5 Å². The molecule has 0 aromatic rings. The quantitative estimate of drug-likeness (QED) is 0.697. The summed E-state index contributed by atoms with van der Waals surface area (Å²) in [6, 6.07) is 0. The lowest BCUT2D eigenvalue weighted by atomic mass is 10.1. The number of carboxylic acid groups (broad SMARTS) is 1. The van der Waals surface area contributed by atoms with Crippen LogP contribution >= 0.6 is 0 Å². The fraction of sp³-hybridized carbons (Fsp3) is 0.700. The first-order valence-electron chi connectivity index (χ1n) is 5.26. The van der Waals surface area contributed by atoms with E-state index in [9.17, 15) is 9.59 Å². The smallest absolute Gasteiger partial charge is 0.352 e. The summed E-state index contributed by atoms with van der Waals surface area (Å²) in [6.45, 7) is 2.60. The molecule has 1 aliphatic rings. The predicted molar refractivity (Wildman–Crippen MR) is 55.5 cm³/mol. The Morgan fingerprint density at radius 1 is 1.47 bits per heavy atom. The number of hydrazone groups is 1.